The summed E-state index contributed by atoms with van der Waals surface area (Å²) in [5, 5.41) is 0. The van der Waals surface area contributed by atoms with Crippen molar-refractivity contribution in [2.24, 2.45) is 5.92 Å². The van der Waals surface area contributed by atoms with Crippen molar-refractivity contribution in [3.8, 4) is 0 Å². The molecule has 0 aliphatic heterocycles. The van der Waals surface area contributed by atoms with Gasteiger partial charge < -0.3 is 9.47 Å². The van der Waals surface area contributed by atoms with E-state index >= 15 is 0 Å². The van der Waals surface area contributed by atoms with Crippen molar-refractivity contribution in [3.05, 3.63) is 11.6 Å². The molecule has 0 spiro atoms. The number of halogens is 2. The number of hydrogen-bond donors (Lipinski definition) is 0. The topological polar surface area (TPSA) is 52.6 Å². The standard InChI is InChI=1S/C16H24F2O4/c1-15(2,3)22-13(19)10-12(14(20)21-4)9-11-5-7-16(17,18)8-6-11/h5,12H,6-10H2,1-4H3/t12-/m1/s1. The van der Waals surface area contributed by atoms with E-state index in [-0.39, 0.29) is 32.1 Å². The molecule has 126 valence electrons. The van der Waals surface area contributed by atoms with E-state index in [1.165, 1.54) is 13.2 Å². The summed E-state index contributed by atoms with van der Waals surface area (Å²) in [6.45, 7) is 5.22. The molecule has 0 radical (unpaired) electrons. The smallest absolute Gasteiger partial charge is 0.309 e. The largest absolute Gasteiger partial charge is 0.469 e. The van der Waals surface area contributed by atoms with Crippen LogP contribution in [0, 0.1) is 5.92 Å². The number of allylic oxidation sites excluding steroid dienone is 2. The molecule has 6 heteroatoms. The Morgan fingerprint density at radius 3 is 2.45 bits per heavy atom. The average Bonchev–Trinajstić information content (AvgIpc) is 2.37. The van der Waals surface area contributed by atoms with E-state index in [0.29, 0.717) is 0 Å². The Morgan fingerprint density at radius 2 is 2.00 bits per heavy atom. The summed E-state index contributed by atoms with van der Waals surface area (Å²) in [4.78, 5) is 23.7. The van der Waals surface area contributed by atoms with E-state index in [9.17, 15) is 18.4 Å². The Hall–Kier alpha value is -1.46. The fraction of sp³-hybridized carbons (Fsp3) is 0.750. The van der Waals surface area contributed by atoms with Gasteiger partial charge in [0.2, 0.25) is 0 Å². The van der Waals surface area contributed by atoms with Gasteiger partial charge in [0.25, 0.3) is 5.92 Å². The van der Waals surface area contributed by atoms with E-state index in [4.69, 9.17) is 9.47 Å². The van der Waals surface area contributed by atoms with Crippen molar-refractivity contribution in [2.75, 3.05) is 7.11 Å². The molecule has 0 aromatic heterocycles. The van der Waals surface area contributed by atoms with Crippen molar-refractivity contribution in [2.45, 2.75) is 64.4 Å². The van der Waals surface area contributed by atoms with Gasteiger partial charge in [-0.2, -0.15) is 0 Å². The molecule has 1 aliphatic rings. The van der Waals surface area contributed by atoms with Crippen LogP contribution in [0.4, 0.5) is 8.78 Å². The van der Waals surface area contributed by atoms with Gasteiger partial charge in [0.15, 0.2) is 0 Å². The minimum absolute atomic E-state index is 0.113. The fourth-order valence-electron chi connectivity index (χ4n) is 2.33. The Balaban J connectivity index is 2.68. The Labute approximate surface area is 129 Å². The highest BCUT2D eigenvalue weighted by molar-refractivity contribution is 5.80. The monoisotopic (exact) mass is 318 g/mol. The molecule has 0 fully saturated rings. The van der Waals surface area contributed by atoms with Crippen LogP contribution in [0.2, 0.25) is 0 Å². The van der Waals surface area contributed by atoms with Crippen LogP contribution in [0.3, 0.4) is 0 Å². The van der Waals surface area contributed by atoms with Crippen molar-refractivity contribution in [1.29, 1.82) is 0 Å². The number of rotatable bonds is 5. The van der Waals surface area contributed by atoms with Gasteiger partial charge in [-0.05, 0) is 33.6 Å². The van der Waals surface area contributed by atoms with Gasteiger partial charge in [-0.15, -0.1) is 0 Å². The number of carbonyl (C=O) groups is 2. The minimum atomic E-state index is -2.67. The van der Waals surface area contributed by atoms with Gasteiger partial charge in [-0.3, -0.25) is 9.59 Å². The van der Waals surface area contributed by atoms with Crippen LogP contribution in [-0.2, 0) is 19.1 Å². The number of esters is 2. The molecule has 1 rings (SSSR count). The molecule has 1 atom stereocenters. The molecule has 0 saturated carbocycles. The molecule has 0 saturated heterocycles. The van der Waals surface area contributed by atoms with E-state index < -0.39 is 29.4 Å². The third-order valence-electron chi connectivity index (χ3n) is 3.38. The van der Waals surface area contributed by atoms with Gasteiger partial charge in [0.05, 0.1) is 19.4 Å². The Morgan fingerprint density at radius 1 is 1.36 bits per heavy atom. The third-order valence-corrected chi connectivity index (χ3v) is 3.38. The maximum Gasteiger partial charge on any atom is 0.309 e. The van der Waals surface area contributed by atoms with Gasteiger partial charge in [-0.1, -0.05) is 11.6 Å². The van der Waals surface area contributed by atoms with Crippen LogP contribution in [0.1, 0.15) is 52.9 Å². The lowest BCUT2D eigenvalue weighted by atomic mass is 9.88. The Bertz CT molecular complexity index is 450. The second-order valence-corrected chi connectivity index (χ2v) is 6.64. The van der Waals surface area contributed by atoms with Crippen LogP contribution in [0.5, 0.6) is 0 Å². The summed E-state index contributed by atoms with van der Waals surface area (Å²) in [6, 6.07) is 0. The molecule has 0 N–H and O–H groups in total. The lowest BCUT2D eigenvalue weighted by molar-refractivity contribution is -0.160. The van der Waals surface area contributed by atoms with E-state index in [1.807, 2.05) is 0 Å². The highest BCUT2D eigenvalue weighted by atomic mass is 19.3. The zero-order valence-electron chi connectivity index (χ0n) is 13.6. The maximum atomic E-state index is 13.1. The summed E-state index contributed by atoms with van der Waals surface area (Å²) < 4.78 is 36.2. The second kappa shape index (κ2) is 7.20. The van der Waals surface area contributed by atoms with Gasteiger partial charge in [0.1, 0.15) is 5.60 Å². The number of hydrogen-bond acceptors (Lipinski definition) is 4. The molecule has 0 heterocycles. The SMILES string of the molecule is COC(=O)[C@@H](CC(=O)OC(C)(C)C)CC1=CCC(F)(F)CC1. The average molecular weight is 318 g/mol. The first-order chi connectivity index (χ1) is 10.0. The summed E-state index contributed by atoms with van der Waals surface area (Å²) in [7, 11) is 1.24. The van der Waals surface area contributed by atoms with Crippen molar-refractivity contribution in [1.82, 2.24) is 0 Å². The molecule has 0 amide bonds. The predicted octanol–water partition coefficient (Wildman–Crippen LogP) is 3.64. The normalized spacial score (nSPS) is 19.1. The lowest BCUT2D eigenvalue weighted by Crippen LogP contribution is -2.28. The number of ether oxygens (including phenoxy) is 2. The van der Waals surface area contributed by atoms with Crippen LogP contribution >= 0.6 is 0 Å². The first-order valence-electron chi connectivity index (χ1n) is 7.38. The molecule has 1 aliphatic carbocycles. The quantitative estimate of drug-likeness (QED) is 0.573. The zero-order valence-corrected chi connectivity index (χ0v) is 13.6. The zero-order chi connectivity index (χ0) is 17.0. The molecule has 0 aromatic rings. The first kappa shape index (κ1) is 18.6. The van der Waals surface area contributed by atoms with E-state index in [2.05, 4.69) is 0 Å². The fourth-order valence-corrected chi connectivity index (χ4v) is 2.33. The third kappa shape index (κ3) is 6.54. The molecular weight excluding hydrogens is 294 g/mol. The second-order valence-electron chi connectivity index (χ2n) is 6.64. The first-order valence-corrected chi connectivity index (χ1v) is 7.38. The molecule has 22 heavy (non-hydrogen) atoms. The number of methoxy groups -OCH3 is 1. The van der Waals surface area contributed by atoms with Crippen molar-refractivity contribution in [3.63, 3.8) is 0 Å². The number of carbonyl (C=O) groups excluding carboxylic acids is 2. The van der Waals surface area contributed by atoms with Gasteiger partial charge >= 0.3 is 11.9 Å². The van der Waals surface area contributed by atoms with Crippen LogP contribution in [0.15, 0.2) is 11.6 Å². The highest BCUT2D eigenvalue weighted by Crippen LogP contribution is 2.35. The molecule has 4 nitrogen and oxygen atoms in total. The van der Waals surface area contributed by atoms with Crippen LogP contribution in [0.25, 0.3) is 0 Å². The molecular formula is C16H24F2O4. The lowest BCUT2D eigenvalue weighted by Gasteiger charge is -2.24. The van der Waals surface area contributed by atoms with Crippen LogP contribution in [-0.4, -0.2) is 30.6 Å². The summed E-state index contributed by atoms with van der Waals surface area (Å²) in [5.74, 6) is -4.39. The summed E-state index contributed by atoms with van der Waals surface area (Å²) in [6.07, 6.45) is 1.30. The van der Waals surface area contributed by atoms with Crippen LogP contribution < -0.4 is 0 Å². The molecule has 0 unspecified atom stereocenters. The maximum absolute atomic E-state index is 13.1. The highest BCUT2D eigenvalue weighted by Gasteiger charge is 2.33. The van der Waals surface area contributed by atoms with E-state index in [0.717, 1.165) is 5.57 Å². The van der Waals surface area contributed by atoms with Gasteiger partial charge in [-0.25, -0.2) is 8.78 Å². The van der Waals surface area contributed by atoms with Crippen molar-refractivity contribution >= 4 is 11.9 Å². The summed E-state index contributed by atoms with van der Waals surface area (Å²) in [5.41, 5.74) is 0.133. The summed E-state index contributed by atoms with van der Waals surface area (Å²) >= 11 is 0. The minimum Gasteiger partial charge on any atom is -0.469 e. The Kier molecular flexibility index (Phi) is 6.08. The van der Waals surface area contributed by atoms with Crippen molar-refractivity contribution < 1.29 is 27.8 Å². The van der Waals surface area contributed by atoms with E-state index in [1.54, 1.807) is 20.8 Å². The molecule has 0 aromatic carbocycles. The number of alkyl halides is 2. The van der Waals surface area contributed by atoms with Gasteiger partial charge in [0, 0.05) is 12.8 Å². The molecule has 0 bridgehead atoms. The predicted molar refractivity (Wildman–Crippen MR) is 77.5 cm³/mol.